The van der Waals surface area contributed by atoms with Crippen LogP contribution in [-0.4, -0.2) is 5.91 Å². The summed E-state index contributed by atoms with van der Waals surface area (Å²) in [6, 6.07) is 10.8. The molecule has 1 aromatic carbocycles. The maximum absolute atomic E-state index is 14.1. The number of thiophene rings is 1. The summed E-state index contributed by atoms with van der Waals surface area (Å²) >= 11 is 1.75. The van der Waals surface area contributed by atoms with E-state index >= 15 is 0 Å². The first kappa shape index (κ1) is 17.5. The van der Waals surface area contributed by atoms with E-state index in [1.165, 1.54) is 35.3 Å². The van der Waals surface area contributed by atoms with E-state index in [1.807, 2.05) is 0 Å². The highest BCUT2D eigenvalue weighted by atomic mass is 32.1. The zero-order valence-electron chi connectivity index (χ0n) is 16.4. The van der Waals surface area contributed by atoms with Gasteiger partial charge in [0, 0.05) is 10.6 Å². The Bertz CT molecular complexity index is 818. The maximum atomic E-state index is 14.1. The summed E-state index contributed by atoms with van der Waals surface area (Å²) in [5.41, 5.74) is 3.54. The van der Waals surface area contributed by atoms with Crippen molar-refractivity contribution >= 4 is 22.9 Å². The maximum Gasteiger partial charge on any atom is 0.233 e. The normalized spacial score (nSPS) is 31.3. The highest BCUT2D eigenvalue weighted by Gasteiger charge is 2.55. The molecule has 0 unspecified atom stereocenters. The molecule has 1 amide bonds. The summed E-state index contributed by atoms with van der Waals surface area (Å²) < 4.78 is 0. The van der Waals surface area contributed by atoms with Crippen LogP contribution in [0.15, 0.2) is 35.7 Å². The topological polar surface area (TPSA) is 20.3 Å². The molecule has 0 saturated heterocycles. The zero-order valence-corrected chi connectivity index (χ0v) is 17.2. The van der Waals surface area contributed by atoms with Gasteiger partial charge in [0.2, 0.25) is 5.91 Å². The average Bonchev–Trinajstić information content (AvgIpc) is 3.14. The number of hydrogen-bond donors (Lipinski definition) is 0. The van der Waals surface area contributed by atoms with Crippen LogP contribution < -0.4 is 4.90 Å². The number of benzene rings is 1. The molecule has 3 heteroatoms. The second-order valence-electron chi connectivity index (χ2n) is 9.44. The molecular formula is C24H29NOS. The minimum atomic E-state index is -0.0925. The van der Waals surface area contributed by atoms with E-state index in [0.717, 1.165) is 42.7 Å². The lowest BCUT2D eigenvalue weighted by molar-refractivity contribution is -0.143. The Morgan fingerprint density at radius 3 is 2.26 bits per heavy atom. The number of carbonyl (C=O) groups excluding carboxylic acids is 1. The van der Waals surface area contributed by atoms with Crippen molar-refractivity contribution in [2.75, 3.05) is 4.90 Å². The van der Waals surface area contributed by atoms with Crippen LogP contribution in [0.5, 0.6) is 0 Å². The number of nitrogens with zero attached hydrogens (tertiary/aromatic N) is 1. The monoisotopic (exact) mass is 379 g/mol. The van der Waals surface area contributed by atoms with Crippen LogP contribution in [0.1, 0.15) is 54.5 Å². The third-order valence-electron chi connectivity index (χ3n) is 7.43. The third-order valence-corrected chi connectivity index (χ3v) is 8.29. The predicted octanol–water partition coefficient (Wildman–Crippen LogP) is 6.11. The van der Waals surface area contributed by atoms with Gasteiger partial charge in [0.25, 0.3) is 0 Å². The number of amides is 1. The molecular weight excluding hydrogens is 350 g/mol. The largest absolute Gasteiger partial charge is 0.307 e. The molecule has 0 N–H and O–H groups in total. The molecule has 1 aromatic heterocycles. The molecule has 27 heavy (non-hydrogen) atoms. The molecule has 0 atom stereocenters. The first-order valence-corrected chi connectivity index (χ1v) is 11.3. The molecule has 4 saturated carbocycles. The van der Waals surface area contributed by atoms with Crippen LogP contribution in [0.25, 0.3) is 0 Å². The second kappa shape index (κ2) is 6.48. The zero-order chi connectivity index (χ0) is 18.6. The minimum absolute atomic E-state index is 0.0925. The first-order chi connectivity index (χ1) is 13.0. The molecule has 1 heterocycles. The molecule has 6 rings (SSSR count). The van der Waals surface area contributed by atoms with Crippen LogP contribution in [0.2, 0.25) is 0 Å². The van der Waals surface area contributed by atoms with Crippen LogP contribution in [-0.2, 0) is 11.3 Å². The van der Waals surface area contributed by atoms with Gasteiger partial charge in [-0.05, 0) is 105 Å². The summed E-state index contributed by atoms with van der Waals surface area (Å²) in [5.74, 6) is 2.79. The molecule has 4 aliphatic rings. The Hall–Kier alpha value is -1.61. The third kappa shape index (κ3) is 3.04. The molecule has 0 radical (unpaired) electrons. The van der Waals surface area contributed by atoms with E-state index < -0.39 is 0 Å². The number of aryl methyl sites for hydroxylation is 2. The van der Waals surface area contributed by atoms with Gasteiger partial charge in [-0.2, -0.15) is 0 Å². The predicted molar refractivity (Wildman–Crippen MR) is 112 cm³/mol. The van der Waals surface area contributed by atoms with Gasteiger partial charge in [0.1, 0.15) is 0 Å². The molecule has 0 spiro atoms. The number of carbonyl (C=O) groups is 1. The molecule has 2 aromatic rings. The molecule has 142 valence electrons. The van der Waals surface area contributed by atoms with Crippen LogP contribution in [0.3, 0.4) is 0 Å². The van der Waals surface area contributed by atoms with Crippen LogP contribution >= 0.6 is 11.3 Å². The fraction of sp³-hybridized carbons (Fsp3) is 0.542. The first-order valence-electron chi connectivity index (χ1n) is 10.4. The van der Waals surface area contributed by atoms with Crippen molar-refractivity contribution in [2.24, 2.45) is 23.2 Å². The molecule has 0 aliphatic heterocycles. The molecule has 4 aliphatic carbocycles. The van der Waals surface area contributed by atoms with E-state index in [4.69, 9.17) is 0 Å². The van der Waals surface area contributed by atoms with Crippen molar-refractivity contribution in [3.8, 4) is 0 Å². The lowest BCUT2D eigenvalue weighted by atomic mass is 9.49. The summed E-state index contributed by atoms with van der Waals surface area (Å²) in [6.07, 6.45) is 7.51. The minimum Gasteiger partial charge on any atom is -0.307 e. The van der Waals surface area contributed by atoms with Crippen molar-refractivity contribution in [1.29, 1.82) is 0 Å². The van der Waals surface area contributed by atoms with Crippen molar-refractivity contribution in [3.05, 3.63) is 51.7 Å². The van der Waals surface area contributed by atoms with Gasteiger partial charge in [-0.3, -0.25) is 4.79 Å². The van der Waals surface area contributed by atoms with Crippen molar-refractivity contribution in [2.45, 2.75) is 58.9 Å². The quantitative estimate of drug-likeness (QED) is 0.627. The average molecular weight is 380 g/mol. The number of anilines is 1. The van der Waals surface area contributed by atoms with Gasteiger partial charge in [-0.25, -0.2) is 0 Å². The van der Waals surface area contributed by atoms with Gasteiger partial charge in [0.05, 0.1) is 12.0 Å². The Morgan fingerprint density at radius 1 is 1.04 bits per heavy atom. The number of rotatable bonds is 4. The van der Waals surface area contributed by atoms with E-state index in [-0.39, 0.29) is 5.41 Å². The molecule has 4 bridgehead atoms. The fourth-order valence-electron chi connectivity index (χ4n) is 6.39. The van der Waals surface area contributed by atoms with Gasteiger partial charge in [-0.15, -0.1) is 11.3 Å². The van der Waals surface area contributed by atoms with Crippen LogP contribution in [0.4, 0.5) is 5.69 Å². The van der Waals surface area contributed by atoms with Crippen molar-refractivity contribution in [3.63, 3.8) is 0 Å². The highest BCUT2D eigenvalue weighted by molar-refractivity contribution is 7.09. The standard InChI is InChI=1S/C24H29NOS/c1-16-5-6-21(8-17(16)2)25(15-22-4-3-7-27-22)23(26)24-12-18-9-19(13-24)11-20(10-18)14-24/h3-8,18-20H,9-15H2,1-2H3. The summed E-state index contributed by atoms with van der Waals surface area (Å²) in [6.45, 7) is 5.00. The van der Waals surface area contributed by atoms with Crippen molar-refractivity contribution in [1.82, 2.24) is 0 Å². The fourth-order valence-corrected chi connectivity index (χ4v) is 7.08. The van der Waals surface area contributed by atoms with E-state index in [2.05, 4.69) is 54.5 Å². The summed E-state index contributed by atoms with van der Waals surface area (Å²) in [4.78, 5) is 17.4. The SMILES string of the molecule is Cc1ccc(N(Cc2cccs2)C(=O)C23CC4CC(CC(C4)C2)C3)cc1C. The lowest BCUT2D eigenvalue weighted by Crippen LogP contribution is -2.54. The van der Waals surface area contributed by atoms with Gasteiger partial charge < -0.3 is 4.90 Å². The van der Waals surface area contributed by atoms with Gasteiger partial charge in [-0.1, -0.05) is 12.1 Å². The van der Waals surface area contributed by atoms with Crippen LogP contribution in [0, 0.1) is 37.0 Å². The van der Waals surface area contributed by atoms with E-state index in [0.29, 0.717) is 12.5 Å². The van der Waals surface area contributed by atoms with Crippen molar-refractivity contribution < 1.29 is 4.79 Å². The Balaban J connectivity index is 1.51. The van der Waals surface area contributed by atoms with Gasteiger partial charge in [0.15, 0.2) is 0 Å². The molecule has 4 fully saturated rings. The Kier molecular flexibility index (Phi) is 4.19. The highest BCUT2D eigenvalue weighted by Crippen LogP contribution is 2.60. The van der Waals surface area contributed by atoms with E-state index in [1.54, 1.807) is 11.3 Å². The summed E-state index contributed by atoms with van der Waals surface area (Å²) in [5, 5.41) is 2.11. The van der Waals surface area contributed by atoms with E-state index in [9.17, 15) is 4.79 Å². The molecule has 2 nitrogen and oxygen atoms in total. The smallest absolute Gasteiger partial charge is 0.233 e. The number of hydrogen-bond acceptors (Lipinski definition) is 2. The Morgan fingerprint density at radius 2 is 1.70 bits per heavy atom. The van der Waals surface area contributed by atoms with Gasteiger partial charge >= 0.3 is 0 Å². The summed E-state index contributed by atoms with van der Waals surface area (Å²) in [7, 11) is 0. The lowest BCUT2D eigenvalue weighted by Gasteiger charge is -2.56. The second-order valence-corrected chi connectivity index (χ2v) is 10.5. The Labute approximate surface area is 166 Å².